The van der Waals surface area contributed by atoms with Crippen molar-refractivity contribution in [3.8, 4) is 5.75 Å². The van der Waals surface area contributed by atoms with E-state index in [4.69, 9.17) is 16.3 Å². The lowest BCUT2D eigenvalue weighted by atomic mass is 9.96. The van der Waals surface area contributed by atoms with Gasteiger partial charge in [-0.05, 0) is 77.7 Å². The van der Waals surface area contributed by atoms with Crippen LogP contribution < -0.4 is 10.1 Å². The maximum absolute atomic E-state index is 13.2. The number of thiazole rings is 1. The Kier molecular flexibility index (Phi) is 8.68. The number of para-hydroxylation sites is 1. The van der Waals surface area contributed by atoms with Gasteiger partial charge in [-0.3, -0.25) is 9.59 Å². The summed E-state index contributed by atoms with van der Waals surface area (Å²) in [5.74, 6) is 0.615. The molecule has 2 aromatic rings. The third-order valence-electron chi connectivity index (χ3n) is 6.74. The highest BCUT2D eigenvalue weighted by molar-refractivity contribution is 7.09. The van der Waals surface area contributed by atoms with E-state index in [0.29, 0.717) is 36.1 Å². The number of piperidine rings is 1. The van der Waals surface area contributed by atoms with Crippen LogP contribution in [0.2, 0.25) is 5.02 Å². The number of aromatic nitrogens is 1. The first-order chi connectivity index (χ1) is 16.8. The highest BCUT2D eigenvalue weighted by Gasteiger charge is 2.37. The van der Waals surface area contributed by atoms with Crippen LogP contribution >= 0.6 is 22.9 Å². The lowest BCUT2D eigenvalue weighted by Crippen LogP contribution is -2.51. The Morgan fingerprint density at radius 1 is 1.17 bits per heavy atom. The van der Waals surface area contributed by atoms with Crippen LogP contribution in [0, 0.1) is 0 Å². The Morgan fingerprint density at radius 3 is 2.60 bits per heavy atom. The Morgan fingerprint density at radius 2 is 1.89 bits per heavy atom. The lowest BCUT2D eigenvalue weighted by Gasteiger charge is -2.36. The van der Waals surface area contributed by atoms with Gasteiger partial charge >= 0.3 is 0 Å². The van der Waals surface area contributed by atoms with Gasteiger partial charge in [-0.15, -0.1) is 11.3 Å². The van der Waals surface area contributed by atoms with Crippen LogP contribution in [0.3, 0.4) is 0 Å². The minimum Gasteiger partial charge on any atom is -0.476 e. The SMILES string of the molecule is CC(C)(Oc1ccccc1Cl)C(=O)N1CCC(c2nc(C(=O)NCCCN3CCCC3)cs2)CC1. The topological polar surface area (TPSA) is 74.8 Å². The average Bonchev–Trinajstić information content (AvgIpc) is 3.55. The minimum atomic E-state index is -1.01. The van der Waals surface area contributed by atoms with Crippen molar-refractivity contribution in [2.45, 2.75) is 57.5 Å². The van der Waals surface area contributed by atoms with E-state index in [2.05, 4.69) is 15.2 Å². The normalized spacial score (nSPS) is 17.5. The van der Waals surface area contributed by atoms with Crippen molar-refractivity contribution in [1.82, 2.24) is 20.1 Å². The third kappa shape index (κ3) is 6.74. The largest absolute Gasteiger partial charge is 0.476 e. The van der Waals surface area contributed by atoms with Gasteiger partial charge in [-0.1, -0.05) is 23.7 Å². The summed E-state index contributed by atoms with van der Waals surface area (Å²) in [6, 6.07) is 7.19. The van der Waals surface area contributed by atoms with E-state index in [0.717, 1.165) is 30.8 Å². The van der Waals surface area contributed by atoms with Crippen LogP contribution in [0.1, 0.15) is 67.4 Å². The van der Waals surface area contributed by atoms with Gasteiger partial charge in [0.25, 0.3) is 11.8 Å². The standard InChI is InChI=1S/C26H35ClN4O3S/c1-26(2,34-22-9-4-3-8-20(22)27)25(33)31-16-10-19(11-17-31)24-29-21(18-35-24)23(32)28-12-7-15-30-13-5-6-14-30/h3-4,8-9,18-19H,5-7,10-17H2,1-2H3,(H,28,32). The van der Waals surface area contributed by atoms with Crippen molar-refractivity contribution in [2.75, 3.05) is 39.3 Å². The van der Waals surface area contributed by atoms with Crippen LogP contribution in [0.25, 0.3) is 0 Å². The molecule has 2 saturated heterocycles. The zero-order chi connectivity index (χ0) is 24.8. The molecule has 0 spiro atoms. The second kappa shape index (κ2) is 11.7. The Hall–Kier alpha value is -2.16. The molecule has 2 fully saturated rings. The first-order valence-corrected chi connectivity index (χ1v) is 13.8. The highest BCUT2D eigenvalue weighted by Crippen LogP contribution is 2.33. The maximum Gasteiger partial charge on any atom is 0.270 e. The number of nitrogens with zero attached hydrogens (tertiary/aromatic N) is 3. The monoisotopic (exact) mass is 518 g/mol. The van der Waals surface area contributed by atoms with Gasteiger partial charge in [-0.2, -0.15) is 0 Å². The highest BCUT2D eigenvalue weighted by atomic mass is 35.5. The summed E-state index contributed by atoms with van der Waals surface area (Å²) >= 11 is 7.75. The molecule has 35 heavy (non-hydrogen) atoms. The summed E-state index contributed by atoms with van der Waals surface area (Å²) in [7, 11) is 0. The zero-order valence-electron chi connectivity index (χ0n) is 20.6. The van der Waals surface area contributed by atoms with Gasteiger partial charge in [0, 0.05) is 30.9 Å². The van der Waals surface area contributed by atoms with Crippen LogP contribution in [0.4, 0.5) is 0 Å². The number of hydrogen-bond acceptors (Lipinski definition) is 6. The molecule has 0 unspecified atom stereocenters. The predicted octanol–water partition coefficient (Wildman–Crippen LogP) is 4.58. The fourth-order valence-electron chi connectivity index (χ4n) is 4.74. The number of carbonyl (C=O) groups excluding carboxylic acids is 2. The molecule has 0 saturated carbocycles. The number of halogens is 1. The molecule has 190 valence electrons. The van der Waals surface area contributed by atoms with E-state index < -0.39 is 5.60 Å². The van der Waals surface area contributed by atoms with Gasteiger partial charge < -0.3 is 19.9 Å². The number of carbonyl (C=O) groups is 2. The molecule has 4 rings (SSSR count). The third-order valence-corrected chi connectivity index (χ3v) is 8.06. The number of nitrogens with one attached hydrogen (secondary N) is 1. The molecule has 2 aliphatic heterocycles. The smallest absolute Gasteiger partial charge is 0.270 e. The number of rotatable bonds is 9. The molecule has 2 aliphatic rings. The molecule has 1 aromatic carbocycles. The molecule has 0 aliphatic carbocycles. The molecule has 2 amide bonds. The number of ether oxygens (including phenoxy) is 1. The second-order valence-electron chi connectivity index (χ2n) is 9.84. The van der Waals surface area contributed by atoms with Crippen molar-refractivity contribution in [3.05, 3.63) is 45.4 Å². The molecule has 0 bridgehead atoms. The molecule has 1 aromatic heterocycles. The number of likely N-dealkylation sites (tertiary alicyclic amines) is 2. The Bertz CT molecular complexity index is 1010. The van der Waals surface area contributed by atoms with E-state index in [-0.39, 0.29) is 17.7 Å². The summed E-state index contributed by atoms with van der Waals surface area (Å²) in [4.78, 5) is 34.6. The van der Waals surface area contributed by atoms with Gasteiger partial charge in [0.1, 0.15) is 11.4 Å². The summed E-state index contributed by atoms with van der Waals surface area (Å²) < 4.78 is 5.98. The van der Waals surface area contributed by atoms with Gasteiger partial charge in [0.2, 0.25) is 0 Å². The van der Waals surface area contributed by atoms with Gasteiger partial charge in [0.05, 0.1) is 10.0 Å². The first-order valence-electron chi connectivity index (χ1n) is 12.5. The van der Waals surface area contributed by atoms with E-state index in [1.54, 1.807) is 26.0 Å². The summed E-state index contributed by atoms with van der Waals surface area (Å²) in [5, 5.41) is 6.32. The van der Waals surface area contributed by atoms with Gasteiger partial charge in [0.15, 0.2) is 5.60 Å². The van der Waals surface area contributed by atoms with Crippen LogP contribution in [-0.2, 0) is 4.79 Å². The van der Waals surface area contributed by atoms with Crippen LogP contribution in [0.5, 0.6) is 5.75 Å². The van der Waals surface area contributed by atoms with E-state index in [9.17, 15) is 9.59 Å². The molecule has 3 heterocycles. The second-order valence-corrected chi connectivity index (χ2v) is 11.1. The maximum atomic E-state index is 13.2. The molecule has 0 atom stereocenters. The quantitative estimate of drug-likeness (QED) is 0.492. The zero-order valence-corrected chi connectivity index (χ0v) is 22.2. The van der Waals surface area contributed by atoms with E-state index in [1.165, 1.54) is 37.3 Å². The van der Waals surface area contributed by atoms with Gasteiger partial charge in [-0.25, -0.2) is 4.98 Å². The molecule has 0 radical (unpaired) electrons. The van der Waals surface area contributed by atoms with Crippen molar-refractivity contribution in [1.29, 1.82) is 0 Å². The van der Waals surface area contributed by atoms with E-state index >= 15 is 0 Å². The fourth-order valence-corrected chi connectivity index (χ4v) is 5.88. The summed E-state index contributed by atoms with van der Waals surface area (Å²) in [5.41, 5.74) is -0.516. The van der Waals surface area contributed by atoms with Crippen LogP contribution in [0.15, 0.2) is 29.6 Å². The molecule has 7 nitrogen and oxygen atoms in total. The summed E-state index contributed by atoms with van der Waals surface area (Å²) in [6.07, 6.45) is 5.17. The first kappa shape index (κ1) is 25.9. The molecule has 1 N–H and O–H groups in total. The van der Waals surface area contributed by atoms with Crippen molar-refractivity contribution >= 4 is 34.8 Å². The van der Waals surface area contributed by atoms with Crippen LogP contribution in [-0.4, -0.2) is 71.5 Å². The average molecular weight is 519 g/mol. The lowest BCUT2D eigenvalue weighted by molar-refractivity contribution is -0.146. The predicted molar refractivity (Wildman–Crippen MR) is 139 cm³/mol. The van der Waals surface area contributed by atoms with Crippen molar-refractivity contribution in [3.63, 3.8) is 0 Å². The molecular formula is C26H35ClN4O3S. The molecular weight excluding hydrogens is 484 g/mol. The van der Waals surface area contributed by atoms with E-state index in [1.807, 2.05) is 22.4 Å². The van der Waals surface area contributed by atoms with Crippen molar-refractivity contribution < 1.29 is 14.3 Å². The number of benzene rings is 1. The minimum absolute atomic E-state index is 0.0518. The van der Waals surface area contributed by atoms with Crippen molar-refractivity contribution in [2.24, 2.45) is 0 Å². The number of hydrogen-bond donors (Lipinski definition) is 1. The molecule has 9 heteroatoms. The Labute approximate surface area is 216 Å². The fraction of sp³-hybridized carbons (Fsp3) is 0.577. The Balaban J connectivity index is 1.23. The summed E-state index contributed by atoms with van der Waals surface area (Å²) in [6.45, 7) is 8.91. The number of amides is 2.